The predicted molar refractivity (Wildman–Crippen MR) is 39.5 cm³/mol. The smallest absolute Gasteiger partial charge is 0.338 e. The minimum atomic E-state index is -1.44. The summed E-state index contributed by atoms with van der Waals surface area (Å²) in [4.78, 5) is 10.8. The van der Waals surface area contributed by atoms with Gasteiger partial charge in [0, 0.05) is 0 Å². The summed E-state index contributed by atoms with van der Waals surface area (Å²) in [7, 11) is 0. The van der Waals surface area contributed by atoms with E-state index in [0.29, 0.717) is 0 Å². The van der Waals surface area contributed by atoms with E-state index < -0.39 is 37.2 Å². The summed E-state index contributed by atoms with van der Waals surface area (Å²) in [5, 5.41) is 26.8. The minimum absolute atomic E-state index is 0.637. The summed E-state index contributed by atoms with van der Waals surface area (Å²) in [6, 6.07) is 0. The summed E-state index contributed by atoms with van der Waals surface area (Å²) in [6.45, 7) is 0.769. The van der Waals surface area contributed by atoms with Gasteiger partial charge in [-0.1, -0.05) is 0 Å². The number of rotatable bonds is 3. The van der Waals surface area contributed by atoms with Crippen LogP contribution in [-0.4, -0.2) is 52.5 Å². The van der Waals surface area contributed by atoms with Gasteiger partial charge in [0.05, 0.1) is 6.10 Å². The second kappa shape index (κ2) is 4.01. The van der Waals surface area contributed by atoms with Crippen LogP contribution in [0.4, 0.5) is 0 Å². The average molecular weight is 192 g/mol. The monoisotopic (exact) mass is 192 g/mol. The van der Waals surface area contributed by atoms with E-state index in [1.807, 2.05) is 0 Å². The van der Waals surface area contributed by atoms with Crippen LogP contribution in [0.25, 0.3) is 0 Å². The highest BCUT2D eigenvalue weighted by Gasteiger charge is 2.46. The fourth-order valence-electron chi connectivity index (χ4n) is 1.23. The van der Waals surface area contributed by atoms with Crippen molar-refractivity contribution in [3.8, 4) is 0 Å². The van der Waals surface area contributed by atoms with Gasteiger partial charge < -0.3 is 24.8 Å². The lowest BCUT2D eigenvalue weighted by atomic mass is 10.1. The van der Waals surface area contributed by atoms with Crippen LogP contribution in [0.5, 0.6) is 0 Å². The lowest BCUT2D eigenvalue weighted by Crippen LogP contribution is -2.39. The predicted octanol–water partition coefficient (Wildman–Crippen LogP) is -2.01. The molecule has 1 saturated heterocycles. The van der Waals surface area contributed by atoms with Gasteiger partial charge in [0.25, 0.3) is 0 Å². The molecule has 0 spiro atoms. The summed E-state index contributed by atoms with van der Waals surface area (Å²) < 4.78 is 9.28. The van der Waals surface area contributed by atoms with Gasteiger partial charge >= 0.3 is 5.97 Å². The largest absolute Gasteiger partial charge is 0.455 e. The van der Waals surface area contributed by atoms with Gasteiger partial charge in [-0.3, -0.25) is 0 Å². The zero-order valence-corrected chi connectivity index (χ0v) is 7.08. The standard InChI is InChI=1S/C7H12O6/c1-3(9)5-6(12-2-8)4(10)7(11)13-5/h3-6,8-10H,2H2,1H3. The maximum atomic E-state index is 10.8. The highest BCUT2D eigenvalue weighted by molar-refractivity contribution is 5.77. The molecule has 0 saturated carbocycles. The fourth-order valence-corrected chi connectivity index (χ4v) is 1.23. The highest BCUT2D eigenvalue weighted by Crippen LogP contribution is 2.21. The topological polar surface area (TPSA) is 96.2 Å². The Hall–Kier alpha value is -0.690. The average Bonchev–Trinajstić information content (AvgIpc) is 2.33. The Morgan fingerprint density at radius 3 is 2.77 bits per heavy atom. The first-order valence-electron chi connectivity index (χ1n) is 3.87. The van der Waals surface area contributed by atoms with Crippen molar-refractivity contribution in [2.75, 3.05) is 6.79 Å². The molecule has 0 aromatic carbocycles. The van der Waals surface area contributed by atoms with E-state index in [9.17, 15) is 9.90 Å². The van der Waals surface area contributed by atoms with Crippen molar-refractivity contribution in [2.24, 2.45) is 0 Å². The summed E-state index contributed by atoms with van der Waals surface area (Å²) >= 11 is 0. The van der Waals surface area contributed by atoms with E-state index in [0.717, 1.165) is 0 Å². The quantitative estimate of drug-likeness (QED) is 0.353. The number of ether oxygens (including phenoxy) is 2. The summed E-state index contributed by atoms with van der Waals surface area (Å²) in [6.07, 6.45) is -4.31. The maximum Gasteiger partial charge on any atom is 0.338 e. The third-order valence-corrected chi connectivity index (χ3v) is 1.87. The molecule has 3 N–H and O–H groups in total. The molecule has 0 radical (unpaired) electrons. The van der Waals surface area contributed by atoms with Crippen molar-refractivity contribution in [3.63, 3.8) is 0 Å². The van der Waals surface area contributed by atoms with E-state index >= 15 is 0 Å². The first kappa shape index (κ1) is 10.4. The van der Waals surface area contributed by atoms with Crippen LogP contribution in [0.15, 0.2) is 0 Å². The Balaban J connectivity index is 2.68. The first-order chi connectivity index (χ1) is 6.07. The molecule has 13 heavy (non-hydrogen) atoms. The van der Waals surface area contributed by atoms with Crippen LogP contribution in [0.1, 0.15) is 6.92 Å². The van der Waals surface area contributed by atoms with Gasteiger partial charge in [-0.15, -0.1) is 0 Å². The first-order valence-corrected chi connectivity index (χ1v) is 3.87. The number of aliphatic hydroxyl groups excluding tert-OH is 3. The molecule has 0 aromatic heterocycles. The third kappa shape index (κ3) is 1.97. The molecule has 0 amide bonds. The van der Waals surface area contributed by atoms with Crippen LogP contribution < -0.4 is 0 Å². The van der Waals surface area contributed by atoms with Crippen molar-refractivity contribution < 1.29 is 29.6 Å². The van der Waals surface area contributed by atoms with Crippen LogP contribution >= 0.6 is 0 Å². The molecule has 1 heterocycles. The number of aliphatic hydroxyl groups is 3. The lowest BCUT2D eigenvalue weighted by molar-refractivity contribution is -0.150. The molecular weight excluding hydrogens is 180 g/mol. The fraction of sp³-hybridized carbons (Fsp3) is 0.857. The molecular formula is C7H12O6. The van der Waals surface area contributed by atoms with E-state index in [4.69, 9.17) is 10.2 Å². The molecule has 1 aliphatic heterocycles. The number of carbonyl (C=O) groups excluding carboxylic acids is 1. The number of hydrogen-bond donors (Lipinski definition) is 3. The molecule has 6 heteroatoms. The van der Waals surface area contributed by atoms with Gasteiger partial charge in [-0.25, -0.2) is 4.79 Å². The van der Waals surface area contributed by atoms with E-state index in [1.54, 1.807) is 0 Å². The molecule has 0 bridgehead atoms. The highest BCUT2D eigenvalue weighted by atomic mass is 16.6. The number of esters is 1. The molecule has 0 aliphatic carbocycles. The Labute approximate surface area is 74.7 Å². The summed E-state index contributed by atoms with van der Waals surface area (Å²) in [5.41, 5.74) is 0. The number of cyclic esters (lactones) is 1. The zero-order valence-electron chi connectivity index (χ0n) is 7.08. The van der Waals surface area contributed by atoms with E-state index in [2.05, 4.69) is 9.47 Å². The second-order valence-electron chi connectivity index (χ2n) is 2.85. The molecule has 4 unspecified atom stereocenters. The minimum Gasteiger partial charge on any atom is -0.455 e. The van der Waals surface area contributed by atoms with Gasteiger partial charge in [-0.2, -0.15) is 0 Å². The SMILES string of the molecule is CC(O)C1OC(=O)C(O)C1OCO. The van der Waals surface area contributed by atoms with Crippen molar-refractivity contribution in [2.45, 2.75) is 31.3 Å². The second-order valence-corrected chi connectivity index (χ2v) is 2.85. The maximum absolute atomic E-state index is 10.8. The van der Waals surface area contributed by atoms with Gasteiger partial charge in [0.15, 0.2) is 12.2 Å². The van der Waals surface area contributed by atoms with Crippen molar-refractivity contribution in [1.29, 1.82) is 0 Å². The normalized spacial score (nSPS) is 36.0. The number of hydrogen-bond acceptors (Lipinski definition) is 6. The van der Waals surface area contributed by atoms with Crippen LogP contribution in [0.3, 0.4) is 0 Å². The molecule has 1 aliphatic rings. The van der Waals surface area contributed by atoms with Gasteiger partial charge in [0.2, 0.25) is 0 Å². The molecule has 4 atom stereocenters. The van der Waals surface area contributed by atoms with Gasteiger partial charge in [-0.05, 0) is 6.92 Å². The van der Waals surface area contributed by atoms with Crippen LogP contribution in [-0.2, 0) is 14.3 Å². The van der Waals surface area contributed by atoms with Crippen molar-refractivity contribution in [3.05, 3.63) is 0 Å². The van der Waals surface area contributed by atoms with Crippen molar-refractivity contribution >= 4 is 5.97 Å². The molecule has 6 nitrogen and oxygen atoms in total. The number of carbonyl (C=O) groups is 1. The Bertz CT molecular complexity index is 191. The van der Waals surface area contributed by atoms with E-state index in [-0.39, 0.29) is 0 Å². The molecule has 0 aromatic rings. The van der Waals surface area contributed by atoms with Crippen LogP contribution in [0.2, 0.25) is 0 Å². The Morgan fingerprint density at radius 2 is 2.31 bits per heavy atom. The van der Waals surface area contributed by atoms with Gasteiger partial charge in [0.1, 0.15) is 12.9 Å². The van der Waals surface area contributed by atoms with E-state index in [1.165, 1.54) is 6.92 Å². The summed E-state index contributed by atoms with van der Waals surface area (Å²) in [5.74, 6) is -0.843. The molecule has 76 valence electrons. The lowest BCUT2D eigenvalue weighted by Gasteiger charge is -2.19. The van der Waals surface area contributed by atoms with Crippen molar-refractivity contribution in [1.82, 2.24) is 0 Å². The third-order valence-electron chi connectivity index (χ3n) is 1.87. The molecule has 1 fully saturated rings. The Kier molecular flexibility index (Phi) is 3.21. The zero-order chi connectivity index (χ0) is 10.0. The van der Waals surface area contributed by atoms with Crippen LogP contribution in [0, 0.1) is 0 Å². The molecule has 1 rings (SSSR count). The Morgan fingerprint density at radius 1 is 1.69 bits per heavy atom.